The molecule has 2 atom stereocenters. The van der Waals surface area contributed by atoms with Crippen molar-refractivity contribution in [2.75, 3.05) is 18.5 Å². The Balaban J connectivity index is 1.90. The van der Waals surface area contributed by atoms with Gasteiger partial charge < -0.3 is 14.8 Å². The van der Waals surface area contributed by atoms with Crippen LogP contribution in [0.15, 0.2) is 24.3 Å². The molecule has 0 bridgehead atoms. The normalized spacial score (nSPS) is 19.1. The smallest absolute Gasteiger partial charge is 0.264 e. The van der Waals surface area contributed by atoms with Crippen molar-refractivity contribution in [3.63, 3.8) is 0 Å². The van der Waals surface area contributed by atoms with Gasteiger partial charge in [0.25, 0.3) is 5.91 Å². The number of ether oxygens (including phenoxy) is 2. The molecule has 0 saturated carbocycles. The van der Waals surface area contributed by atoms with Crippen LogP contribution in [0.2, 0.25) is 0 Å². The lowest BCUT2D eigenvalue weighted by molar-refractivity contribution is -0.130. The van der Waals surface area contributed by atoms with Crippen molar-refractivity contribution in [3.8, 4) is 11.5 Å². The molecule has 1 aliphatic heterocycles. The average Bonchev–Trinajstić information content (AvgIpc) is 2.43. The lowest BCUT2D eigenvalue weighted by Gasteiger charge is -2.25. The summed E-state index contributed by atoms with van der Waals surface area (Å²) in [5.41, 5.74) is 0. The van der Waals surface area contributed by atoms with E-state index in [1.165, 1.54) is 0 Å². The molecule has 1 amide bonds. The van der Waals surface area contributed by atoms with E-state index in [2.05, 4.69) is 28.2 Å². The summed E-state index contributed by atoms with van der Waals surface area (Å²) < 4.78 is 11.1. The second-order valence-corrected chi connectivity index (χ2v) is 5.02. The quantitative estimate of drug-likeness (QED) is 0.865. The van der Waals surface area contributed by atoms with E-state index in [9.17, 15) is 4.79 Å². The molecular weight excluding hydrogens is 298 g/mol. The van der Waals surface area contributed by atoms with Gasteiger partial charge in [-0.2, -0.15) is 0 Å². The Morgan fingerprint density at radius 3 is 2.94 bits per heavy atom. The fourth-order valence-corrected chi connectivity index (χ4v) is 1.82. The molecule has 2 unspecified atom stereocenters. The molecule has 0 saturated heterocycles. The number of hydrogen-bond donors (Lipinski definition) is 1. The van der Waals surface area contributed by atoms with Crippen LogP contribution in [0, 0.1) is 5.92 Å². The van der Waals surface area contributed by atoms with Gasteiger partial charge in [0.2, 0.25) is 6.10 Å². The summed E-state index contributed by atoms with van der Waals surface area (Å²) in [7, 11) is 0. The molecule has 1 aliphatic rings. The third-order valence-corrected chi connectivity index (χ3v) is 3.79. The Morgan fingerprint density at radius 1 is 1.50 bits per heavy atom. The number of para-hydroxylation sites is 2. The van der Waals surface area contributed by atoms with Crippen LogP contribution in [0.25, 0.3) is 0 Å². The van der Waals surface area contributed by atoms with Crippen LogP contribution >= 0.6 is 15.9 Å². The molecule has 4 nitrogen and oxygen atoms in total. The number of halogens is 1. The number of nitrogens with one attached hydrogen (secondary N) is 1. The lowest BCUT2D eigenvalue weighted by atomic mass is 10.2. The Morgan fingerprint density at radius 2 is 2.22 bits per heavy atom. The predicted molar refractivity (Wildman–Crippen MR) is 72.3 cm³/mol. The SMILES string of the molecule is CC(CBr)CNC(=O)C1COc2ccccc2O1. The maximum absolute atomic E-state index is 11.9. The number of carbonyl (C=O) groups is 1. The summed E-state index contributed by atoms with van der Waals surface area (Å²) >= 11 is 3.38. The minimum Gasteiger partial charge on any atom is -0.485 e. The molecule has 0 fully saturated rings. The van der Waals surface area contributed by atoms with E-state index in [0.29, 0.717) is 24.0 Å². The maximum atomic E-state index is 11.9. The zero-order valence-corrected chi connectivity index (χ0v) is 11.8. The van der Waals surface area contributed by atoms with Crippen LogP contribution in [0.1, 0.15) is 6.92 Å². The van der Waals surface area contributed by atoms with Gasteiger partial charge in [-0.25, -0.2) is 0 Å². The van der Waals surface area contributed by atoms with Gasteiger partial charge in [0, 0.05) is 11.9 Å². The molecule has 0 aliphatic carbocycles. The minimum atomic E-state index is -0.567. The van der Waals surface area contributed by atoms with Crippen LogP contribution in [0.3, 0.4) is 0 Å². The zero-order valence-electron chi connectivity index (χ0n) is 10.2. The third kappa shape index (κ3) is 3.16. The Bertz CT molecular complexity index is 424. The lowest BCUT2D eigenvalue weighted by Crippen LogP contribution is -2.45. The highest BCUT2D eigenvalue weighted by molar-refractivity contribution is 9.09. The molecule has 1 heterocycles. The highest BCUT2D eigenvalue weighted by Gasteiger charge is 2.27. The number of carbonyl (C=O) groups excluding carboxylic acids is 1. The summed E-state index contributed by atoms with van der Waals surface area (Å²) in [6.45, 7) is 2.94. The standard InChI is InChI=1S/C13H16BrNO3/c1-9(6-14)7-15-13(16)12-8-17-10-4-2-3-5-11(10)18-12/h2-5,9,12H,6-8H2,1H3,(H,15,16). The molecule has 98 valence electrons. The summed E-state index contributed by atoms with van der Waals surface area (Å²) in [4.78, 5) is 11.9. The average molecular weight is 314 g/mol. The molecule has 1 N–H and O–H groups in total. The largest absolute Gasteiger partial charge is 0.485 e. The second-order valence-electron chi connectivity index (χ2n) is 4.37. The van der Waals surface area contributed by atoms with Crippen LogP contribution in [0.5, 0.6) is 11.5 Å². The third-order valence-electron chi connectivity index (χ3n) is 2.69. The van der Waals surface area contributed by atoms with E-state index >= 15 is 0 Å². The van der Waals surface area contributed by atoms with Crippen molar-refractivity contribution < 1.29 is 14.3 Å². The highest BCUT2D eigenvalue weighted by atomic mass is 79.9. The number of benzene rings is 1. The van der Waals surface area contributed by atoms with Crippen molar-refractivity contribution in [1.29, 1.82) is 0 Å². The van der Waals surface area contributed by atoms with Crippen molar-refractivity contribution in [3.05, 3.63) is 24.3 Å². The first-order valence-corrected chi connectivity index (χ1v) is 7.05. The van der Waals surface area contributed by atoms with E-state index in [1.807, 2.05) is 18.2 Å². The molecule has 2 rings (SSSR count). The first-order valence-electron chi connectivity index (χ1n) is 5.93. The monoisotopic (exact) mass is 313 g/mol. The van der Waals surface area contributed by atoms with Crippen LogP contribution < -0.4 is 14.8 Å². The number of fused-ring (bicyclic) bond motifs is 1. The molecule has 0 aromatic heterocycles. The Labute approximate surface area is 115 Å². The summed E-state index contributed by atoms with van der Waals surface area (Å²) in [6.07, 6.45) is -0.567. The molecule has 1 aromatic carbocycles. The van der Waals surface area contributed by atoms with Crippen molar-refractivity contribution >= 4 is 21.8 Å². The number of amides is 1. The van der Waals surface area contributed by atoms with Gasteiger partial charge in [0.05, 0.1) is 0 Å². The molecule has 18 heavy (non-hydrogen) atoms. The first-order chi connectivity index (χ1) is 8.70. The number of rotatable bonds is 4. The minimum absolute atomic E-state index is 0.127. The molecule has 5 heteroatoms. The second kappa shape index (κ2) is 6.09. The maximum Gasteiger partial charge on any atom is 0.264 e. The van der Waals surface area contributed by atoms with E-state index in [-0.39, 0.29) is 12.5 Å². The Hall–Kier alpha value is -1.23. The number of hydrogen-bond acceptors (Lipinski definition) is 3. The van der Waals surface area contributed by atoms with Gasteiger partial charge in [0.1, 0.15) is 6.61 Å². The van der Waals surface area contributed by atoms with Gasteiger partial charge in [-0.05, 0) is 18.1 Å². The van der Waals surface area contributed by atoms with Gasteiger partial charge in [-0.3, -0.25) is 4.79 Å². The fourth-order valence-electron chi connectivity index (χ4n) is 1.59. The topological polar surface area (TPSA) is 47.6 Å². The van der Waals surface area contributed by atoms with Crippen LogP contribution in [0.4, 0.5) is 0 Å². The predicted octanol–water partition coefficient (Wildman–Crippen LogP) is 1.97. The molecule has 0 radical (unpaired) electrons. The van der Waals surface area contributed by atoms with Crippen molar-refractivity contribution in [1.82, 2.24) is 5.32 Å². The van der Waals surface area contributed by atoms with Crippen molar-refractivity contribution in [2.45, 2.75) is 13.0 Å². The van der Waals surface area contributed by atoms with Crippen LogP contribution in [-0.4, -0.2) is 30.5 Å². The summed E-state index contributed by atoms with van der Waals surface area (Å²) in [6, 6.07) is 7.36. The number of alkyl halides is 1. The fraction of sp³-hybridized carbons (Fsp3) is 0.462. The van der Waals surface area contributed by atoms with E-state index in [4.69, 9.17) is 9.47 Å². The Kier molecular flexibility index (Phi) is 4.47. The van der Waals surface area contributed by atoms with Gasteiger partial charge in [-0.15, -0.1) is 0 Å². The van der Waals surface area contributed by atoms with Gasteiger partial charge >= 0.3 is 0 Å². The van der Waals surface area contributed by atoms with E-state index in [0.717, 1.165) is 5.33 Å². The molecular formula is C13H16BrNO3. The first kappa shape index (κ1) is 13.2. The highest BCUT2D eigenvalue weighted by Crippen LogP contribution is 2.30. The summed E-state index contributed by atoms with van der Waals surface area (Å²) in [5, 5.41) is 3.72. The van der Waals surface area contributed by atoms with Gasteiger partial charge in [-0.1, -0.05) is 35.0 Å². The van der Waals surface area contributed by atoms with E-state index < -0.39 is 6.10 Å². The van der Waals surface area contributed by atoms with E-state index in [1.54, 1.807) is 6.07 Å². The van der Waals surface area contributed by atoms with Gasteiger partial charge in [0.15, 0.2) is 11.5 Å². The zero-order chi connectivity index (χ0) is 13.0. The van der Waals surface area contributed by atoms with Crippen molar-refractivity contribution in [2.24, 2.45) is 5.92 Å². The van der Waals surface area contributed by atoms with Crippen LogP contribution in [-0.2, 0) is 4.79 Å². The molecule has 0 spiro atoms. The summed E-state index contributed by atoms with van der Waals surface area (Å²) in [5.74, 6) is 1.58. The molecule has 1 aromatic rings.